The molecular weight excluding hydrogens is 334 g/mol. The predicted octanol–water partition coefficient (Wildman–Crippen LogP) is 1.62. The Kier molecular flexibility index (Phi) is 5.48. The summed E-state index contributed by atoms with van der Waals surface area (Å²) in [5, 5.41) is 3.02. The molecule has 1 saturated heterocycles. The lowest BCUT2D eigenvalue weighted by molar-refractivity contribution is -0.136. The molecule has 1 fully saturated rings. The summed E-state index contributed by atoms with van der Waals surface area (Å²) in [6, 6.07) is 2.94. The van der Waals surface area contributed by atoms with Crippen LogP contribution in [0.2, 0.25) is 0 Å². The largest absolute Gasteiger partial charge is 0.454 e. The van der Waals surface area contributed by atoms with Gasteiger partial charge in [0, 0.05) is 38.3 Å². The van der Waals surface area contributed by atoms with E-state index in [4.69, 9.17) is 9.47 Å². The first kappa shape index (κ1) is 17.6. The van der Waals surface area contributed by atoms with Crippen molar-refractivity contribution in [2.45, 2.75) is 13.2 Å². The smallest absolute Gasteiger partial charge is 0.387 e. The third kappa shape index (κ3) is 3.76. The molecule has 2 aliphatic rings. The van der Waals surface area contributed by atoms with Gasteiger partial charge in [-0.3, -0.25) is 4.79 Å². The highest BCUT2D eigenvalue weighted by molar-refractivity contribution is 5.85. The summed E-state index contributed by atoms with van der Waals surface area (Å²) in [7, 11) is 1.64. The van der Waals surface area contributed by atoms with Crippen molar-refractivity contribution in [2.75, 3.05) is 26.9 Å². The Hall–Kier alpha value is -1.80. The van der Waals surface area contributed by atoms with Crippen LogP contribution >= 0.6 is 12.4 Å². The van der Waals surface area contributed by atoms with Crippen LogP contribution in [-0.2, 0) is 11.3 Å². The number of alkyl halides is 2. The van der Waals surface area contributed by atoms with Crippen LogP contribution in [0.5, 0.6) is 17.2 Å². The summed E-state index contributed by atoms with van der Waals surface area (Å²) in [6.45, 7) is -1.46. The zero-order chi connectivity index (χ0) is 15.7. The minimum absolute atomic E-state index is 0. The van der Waals surface area contributed by atoms with Gasteiger partial charge >= 0.3 is 6.61 Å². The molecule has 0 aliphatic carbocycles. The fraction of sp³-hybridized carbons (Fsp3) is 0.500. The molecule has 2 heterocycles. The summed E-state index contributed by atoms with van der Waals surface area (Å²) in [4.78, 5) is 13.6. The second-order valence-electron chi connectivity index (χ2n) is 5.24. The van der Waals surface area contributed by atoms with E-state index in [1.54, 1.807) is 13.1 Å². The highest BCUT2D eigenvalue weighted by Crippen LogP contribution is 2.39. The first-order chi connectivity index (χ1) is 10.5. The average Bonchev–Trinajstić information content (AvgIpc) is 2.83. The molecule has 6 nitrogen and oxygen atoms in total. The topological polar surface area (TPSA) is 60.0 Å². The number of carbonyl (C=O) groups excluding carboxylic acids is 1. The van der Waals surface area contributed by atoms with E-state index in [2.05, 4.69) is 10.1 Å². The molecule has 1 aromatic carbocycles. The van der Waals surface area contributed by atoms with Crippen molar-refractivity contribution in [2.24, 2.45) is 5.92 Å². The molecular formula is C14H17ClF2N2O4. The highest BCUT2D eigenvalue weighted by atomic mass is 35.5. The Balaban J connectivity index is 0.00000192. The number of carbonyl (C=O) groups is 1. The molecule has 128 valence electrons. The minimum atomic E-state index is -2.95. The van der Waals surface area contributed by atoms with E-state index in [-0.39, 0.29) is 43.3 Å². The number of nitrogens with zero attached hydrogens (tertiary/aromatic N) is 1. The Morgan fingerprint density at radius 3 is 2.61 bits per heavy atom. The Morgan fingerprint density at radius 1 is 1.39 bits per heavy atom. The number of rotatable bonds is 5. The van der Waals surface area contributed by atoms with Gasteiger partial charge in [0.05, 0.1) is 5.92 Å². The molecule has 0 atom stereocenters. The van der Waals surface area contributed by atoms with Crippen molar-refractivity contribution >= 4 is 18.3 Å². The van der Waals surface area contributed by atoms with Crippen LogP contribution in [-0.4, -0.2) is 44.3 Å². The third-order valence-electron chi connectivity index (χ3n) is 3.69. The van der Waals surface area contributed by atoms with Gasteiger partial charge < -0.3 is 24.4 Å². The van der Waals surface area contributed by atoms with Crippen LogP contribution in [0.1, 0.15) is 5.56 Å². The average molecular weight is 351 g/mol. The van der Waals surface area contributed by atoms with Crippen molar-refractivity contribution in [1.82, 2.24) is 10.2 Å². The lowest BCUT2D eigenvalue weighted by atomic mass is 10.0. The standard InChI is InChI=1S/C14H16F2N2O4.ClH/c1-18(13(19)9-4-17-5-9)6-8-2-11-12(21-7-20-11)3-10(8)22-14(15)16;/h2-3,9,14,17H,4-7H2,1H3;1H. The minimum Gasteiger partial charge on any atom is -0.454 e. The van der Waals surface area contributed by atoms with Gasteiger partial charge in [-0.2, -0.15) is 8.78 Å². The van der Waals surface area contributed by atoms with Crippen molar-refractivity contribution in [3.05, 3.63) is 17.7 Å². The fourth-order valence-corrected chi connectivity index (χ4v) is 2.40. The molecule has 1 aromatic rings. The monoisotopic (exact) mass is 350 g/mol. The Labute approximate surface area is 138 Å². The highest BCUT2D eigenvalue weighted by Gasteiger charge is 2.28. The number of halogens is 3. The van der Waals surface area contributed by atoms with E-state index in [9.17, 15) is 13.6 Å². The fourth-order valence-electron chi connectivity index (χ4n) is 2.40. The summed E-state index contributed by atoms with van der Waals surface area (Å²) in [6.07, 6.45) is 0. The summed E-state index contributed by atoms with van der Waals surface area (Å²) < 4.78 is 40.0. The SMILES string of the molecule is CN(Cc1cc2c(cc1OC(F)F)OCO2)C(=O)C1CNC1.Cl. The third-order valence-corrected chi connectivity index (χ3v) is 3.69. The van der Waals surface area contributed by atoms with Crippen molar-refractivity contribution in [1.29, 1.82) is 0 Å². The molecule has 0 radical (unpaired) electrons. The Bertz CT molecular complexity index is 584. The van der Waals surface area contributed by atoms with Gasteiger partial charge in [0.1, 0.15) is 5.75 Å². The molecule has 3 rings (SSSR count). The maximum atomic E-state index is 12.6. The van der Waals surface area contributed by atoms with E-state index >= 15 is 0 Å². The van der Waals surface area contributed by atoms with Gasteiger partial charge in [-0.15, -0.1) is 12.4 Å². The predicted molar refractivity (Wildman–Crippen MR) is 79.3 cm³/mol. The quantitative estimate of drug-likeness (QED) is 0.874. The summed E-state index contributed by atoms with van der Waals surface area (Å²) in [5.41, 5.74) is 0.452. The first-order valence-electron chi connectivity index (χ1n) is 6.87. The number of ether oxygens (including phenoxy) is 3. The Morgan fingerprint density at radius 2 is 2.04 bits per heavy atom. The maximum Gasteiger partial charge on any atom is 0.387 e. The van der Waals surface area contributed by atoms with Crippen molar-refractivity contribution < 1.29 is 27.8 Å². The van der Waals surface area contributed by atoms with Crippen molar-refractivity contribution in [3.63, 3.8) is 0 Å². The van der Waals surface area contributed by atoms with Crippen LogP contribution in [0.3, 0.4) is 0 Å². The zero-order valence-corrected chi connectivity index (χ0v) is 13.2. The van der Waals surface area contributed by atoms with Crippen LogP contribution in [0.15, 0.2) is 12.1 Å². The van der Waals surface area contributed by atoms with E-state index < -0.39 is 6.61 Å². The lowest BCUT2D eigenvalue weighted by Crippen LogP contribution is -2.51. The van der Waals surface area contributed by atoms with E-state index in [1.807, 2.05) is 0 Å². The van der Waals surface area contributed by atoms with Crippen molar-refractivity contribution in [3.8, 4) is 17.2 Å². The second kappa shape index (κ2) is 7.18. The number of nitrogens with one attached hydrogen (secondary N) is 1. The maximum absolute atomic E-state index is 12.6. The van der Waals surface area contributed by atoms with Crippen LogP contribution < -0.4 is 19.5 Å². The van der Waals surface area contributed by atoms with Gasteiger partial charge in [0.2, 0.25) is 12.7 Å². The number of benzene rings is 1. The first-order valence-corrected chi connectivity index (χ1v) is 6.87. The molecule has 1 N–H and O–H groups in total. The zero-order valence-electron chi connectivity index (χ0n) is 12.4. The number of hydrogen-bond acceptors (Lipinski definition) is 5. The normalized spacial score (nSPS) is 15.8. The molecule has 0 bridgehead atoms. The van der Waals surface area contributed by atoms with Crippen LogP contribution in [0.4, 0.5) is 8.78 Å². The molecule has 0 saturated carbocycles. The number of hydrogen-bond donors (Lipinski definition) is 1. The van der Waals surface area contributed by atoms with E-state index in [0.29, 0.717) is 30.2 Å². The van der Waals surface area contributed by atoms with E-state index in [0.717, 1.165) is 0 Å². The number of fused-ring (bicyclic) bond motifs is 1. The molecule has 0 unspecified atom stereocenters. The van der Waals surface area contributed by atoms with E-state index in [1.165, 1.54) is 11.0 Å². The van der Waals surface area contributed by atoms with Gasteiger partial charge in [-0.25, -0.2) is 0 Å². The van der Waals surface area contributed by atoms with Crippen LogP contribution in [0, 0.1) is 5.92 Å². The summed E-state index contributed by atoms with van der Waals surface area (Å²) in [5.74, 6) is 0.725. The van der Waals surface area contributed by atoms with Gasteiger partial charge in [-0.05, 0) is 6.07 Å². The molecule has 1 amide bonds. The molecule has 9 heteroatoms. The van der Waals surface area contributed by atoms with Gasteiger partial charge in [0.15, 0.2) is 11.5 Å². The molecule has 2 aliphatic heterocycles. The lowest BCUT2D eigenvalue weighted by Gasteiger charge is -2.30. The van der Waals surface area contributed by atoms with Gasteiger partial charge in [-0.1, -0.05) is 0 Å². The molecule has 0 aromatic heterocycles. The van der Waals surface area contributed by atoms with Gasteiger partial charge in [0.25, 0.3) is 0 Å². The number of amides is 1. The second-order valence-corrected chi connectivity index (χ2v) is 5.24. The molecule has 0 spiro atoms. The molecule has 23 heavy (non-hydrogen) atoms. The summed E-state index contributed by atoms with van der Waals surface area (Å²) >= 11 is 0. The van der Waals surface area contributed by atoms with Crippen LogP contribution in [0.25, 0.3) is 0 Å².